The Morgan fingerprint density at radius 2 is 2.21 bits per heavy atom. The second-order valence-corrected chi connectivity index (χ2v) is 3.90. The number of aliphatic hydroxyl groups is 1. The average molecular weight is 216 g/mol. The summed E-state index contributed by atoms with van der Waals surface area (Å²) in [5.74, 6) is -0.691. The van der Waals surface area contributed by atoms with Crippen LogP contribution in [0.15, 0.2) is 11.4 Å². The minimum atomic E-state index is -1.01. The van der Waals surface area contributed by atoms with Crippen LogP contribution in [0.2, 0.25) is 0 Å². The first kappa shape index (κ1) is 11.0. The quantitative estimate of drug-likeness (QED) is 0.802. The summed E-state index contributed by atoms with van der Waals surface area (Å²) < 4.78 is 5.29. The zero-order valence-corrected chi connectivity index (χ0v) is 8.75. The molecule has 2 atom stereocenters. The summed E-state index contributed by atoms with van der Waals surface area (Å²) in [6, 6.07) is 1.59. The van der Waals surface area contributed by atoms with E-state index < -0.39 is 18.2 Å². The number of ether oxygens (including phenoxy) is 1. The van der Waals surface area contributed by atoms with Gasteiger partial charge in [0.05, 0.1) is 6.10 Å². The van der Waals surface area contributed by atoms with Crippen LogP contribution in [-0.2, 0) is 0 Å². The van der Waals surface area contributed by atoms with Crippen LogP contribution in [0.25, 0.3) is 0 Å². The van der Waals surface area contributed by atoms with E-state index in [4.69, 9.17) is 9.84 Å². The van der Waals surface area contributed by atoms with Gasteiger partial charge in [-0.1, -0.05) is 0 Å². The predicted octanol–water partition coefficient (Wildman–Crippen LogP) is 1.59. The van der Waals surface area contributed by atoms with Crippen molar-refractivity contribution in [2.24, 2.45) is 0 Å². The lowest BCUT2D eigenvalue weighted by molar-refractivity contribution is 0.0567. The second-order valence-electron chi connectivity index (χ2n) is 2.98. The fraction of sp³-hybridized carbons (Fsp3) is 0.444. The van der Waals surface area contributed by atoms with Crippen LogP contribution in [-0.4, -0.2) is 28.4 Å². The monoisotopic (exact) mass is 216 g/mol. The molecule has 0 bridgehead atoms. The van der Waals surface area contributed by atoms with Crippen LogP contribution < -0.4 is 4.74 Å². The molecule has 0 saturated heterocycles. The molecule has 0 radical (unpaired) electrons. The summed E-state index contributed by atoms with van der Waals surface area (Å²) in [7, 11) is 0. The molecular weight excluding hydrogens is 204 g/mol. The summed E-state index contributed by atoms with van der Waals surface area (Å²) >= 11 is 1.11. The van der Waals surface area contributed by atoms with E-state index in [1.807, 2.05) is 0 Å². The minimum absolute atomic E-state index is 0.164. The standard InChI is InChI=1S/C9H12O4S/c1-5(10)6(2)13-7-3-4-14-8(7)9(11)12/h3-6,10H,1-2H3,(H,11,12). The van der Waals surface area contributed by atoms with E-state index in [-0.39, 0.29) is 4.88 Å². The highest BCUT2D eigenvalue weighted by Crippen LogP contribution is 2.26. The lowest BCUT2D eigenvalue weighted by atomic mass is 10.2. The maximum absolute atomic E-state index is 10.7. The fourth-order valence-corrected chi connectivity index (χ4v) is 1.51. The summed E-state index contributed by atoms with van der Waals surface area (Å²) in [5, 5.41) is 19.6. The van der Waals surface area contributed by atoms with Gasteiger partial charge in [0.25, 0.3) is 0 Å². The van der Waals surface area contributed by atoms with E-state index >= 15 is 0 Å². The summed E-state index contributed by atoms with van der Waals surface area (Å²) in [6.07, 6.45) is -1.04. The number of carboxylic acids is 1. The number of carboxylic acid groups (broad SMARTS) is 1. The molecule has 0 aromatic carbocycles. The van der Waals surface area contributed by atoms with E-state index in [9.17, 15) is 9.90 Å². The average Bonchev–Trinajstić information content (AvgIpc) is 2.52. The van der Waals surface area contributed by atoms with Crippen molar-refractivity contribution in [3.8, 4) is 5.75 Å². The van der Waals surface area contributed by atoms with Gasteiger partial charge < -0.3 is 14.9 Å². The van der Waals surface area contributed by atoms with Crippen molar-refractivity contribution in [2.75, 3.05) is 0 Å². The Bertz CT molecular complexity index is 318. The molecule has 2 unspecified atom stereocenters. The van der Waals surface area contributed by atoms with Crippen LogP contribution in [0.5, 0.6) is 5.75 Å². The number of thiophene rings is 1. The molecule has 1 heterocycles. The molecule has 0 aliphatic rings. The Kier molecular flexibility index (Phi) is 3.49. The topological polar surface area (TPSA) is 66.8 Å². The Hall–Kier alpha value is -1.07. The van der Waals surface area contributed by atoms with Crippen molar-refractivity contribution in [1.29, 1.82) is 0 Å². The van der Waals surface area contributed by atoms with Gasteiger partial charge in [0.15, 0.2) is 4.88 Å². The zero-order valence-electron chi connectivity index (χ0n) is 7.93. The van der Waals surface area contributed by atoms with Crippen molar-refractivity contribution >= 4 is 17.3 Å². The Labute approximate surface area is 85.8 Å². The number of hydrogen-bond donors (Lipinski definition) is 2. The number of aliphatic hydroxyl groups excluding tert-OH is 1. The van der Waals surface area contributed by atoms with E-state index in [0.717, 1.165) is 11.3 Å². The fourth-order valence-electron chi connectivity index (χ4n) is 0.845. The first-order chi connectivity index (χ1) is 6.52. The molecule has 0 fully saturated rings. The van der Waals surface area contributed by atoms with Gasteiger partial charge in [-0.25, -0.2) is 4.79 Å². The molecule has 1 rings (SSSR count). The predicted molar refractivity (Wildman–Crippen MR) is 53.0 cm³/mol. The first-order valence-electron chi connectivity index (χ1n) is 4.18. The second kappa shape index (κ2) is 4.43. The maximum Gasteiger partial charge on any atom is 0.349 e. The van der Waals surface area contributed by atoms with Crippen molar-refractivity contribution in [3.63, 3.8) is 0 Å². The van der Waals surface area contributed by atoms with Gasteiger partial charge >= 0.3 is 5.97 Å². The number of aromatic carboxylic acids is 1. The molecule has 0 spiro atoms. The maximum atomic E-state index is 10.7. The Balaban J connectivity index is 2.76. The molecule has 0 aliphatic heterocycles. The van der Waals surface area contributed by atoms with Crippen LogP contribution in [0.1, 0.15) is 23.5 Å². The van der Waals surface area contributed by atoms with E-state index in [0.29, 0.717) is 5.75 Å². The molecule has 0 amide bonds. The van der Waals surface area contributed by atoms with Gasteiger partial charge in [0, 0.05) is 0 Å². The van der Waals surface area contributed by atoms with Gasteiger partial charge in [0.1, 0.15) is 11.9 Å². The van der Waals surface area contributed by atoms with Crippen LogP contribution in [0.3, 0.4) is 0 Å². The van der Waals surface area contributed by atoms with Crippen molar-refractivity contribution in [3.05, 3.63) is 16.3 Å². The summed E-state index contributed by atoms with van der Waals surface area (Å²) in [6.45, 7) is 3.28. The highest BCUT2D eigenvalue weighted by molar-refractivity contribution is 7.12. The Morgan fingerprint density at radius 3 is 2.71 bits per heavy atom. The van der Waals surface area contributed by atoms with Crippen molar-refractivity contribution in [1.82, 2.24) is 0 Å². The van der Waals surface area contributed by atoms with Crippen molar-refractivity contribution < 1.29 is 19.7 Å². The molecule has 4 nitrogen and oxygen atoms in total. The van der Waals surface area contributed by atoms with E-state index in [1.165, 1.54) is 0 Å². The summed E-state index contributed by atoms with van der Waals surface area (Å²) in [4.78, 5) is 10.9. The molecular formula is C9H12O4S. The Morgan fingerprint density at radius 1 is 1.57 bits per heavy atom. The highest BCUT2D eigenvalue weighted by Gasteiger charge is 2.17. The van der Waals surface area contributed by atoms with Crippen LogP contribution in [0.4, 0.5) is 0 Å². The number of carbonyl (C=O) groups is 1. The third-order valence-electron chi connectivity index (χ3n) is 1.82. The lowest BCUT2D eigenvalue weighted by Gasteiger charge is -2.16. The van der Waals surface area contributed by atoms with Crippen molar-refractivity contribution in [2.45, 2.75) is 26.1 Å². The third kappa shape index (κ3) is 2.46. The van der Waals surface area contributed by atoms with E-state index in [2.05, 4.69) is 0 Å². The van der Waals surface area contributed by atoms with Gasteiger partial charge in [-0.2, -0.15) is 0 Å². The largest absolute Gasteiger partial charge is 0.486 e. The number of hydrogen-bond acceptors (Lipinski definition) is 4. The normalized spacial score (nSPS) is 14.8. The molecule has 2 N–H and O–H groups in total. The minimum Gasteiger partial charge on any atom is -0.486 e. The SMILES string of the molecule is CC(O)C(C)Oc1ccsc1C(=O)O. The summed E-state index contributed by atoms with van der Waals surface area (Å²) in [5.41, 5.74) is 0. The lowest BCUT2D eigenvalue weighted by Crippen LogP contribution is -2.25. The van der Waals surface area contributed by atoms with Gasteiger partial charge in [-0.15, -0.1) is 11.3 Å². The first-order valence-corrected chi connectivity index (χ1v) is 5.06. The van der Waals surface area contributed by atoms with Gasteiger partial charge in [-0.3, -0.25) is 0 Å². The molecule has 14 heavy (non-hydrogen) atoms. The molecule has 0 aliphatic carbocycles. The smallest absolute Gasteiger partial charge is 0.349 e. The molecule has 5 heteroatoms. The van der Waals surface area contributed by atoms with Gasteiger partial charge in [-0.05, 0) is 25.3 Å². The highest BCUT2D eigenvalue weighted by atomic mass is 32.1. The molecule has 0 saturated carbocycles. The van der Waals surface area contributed by atoms with Crippen LogP contribution in [0, 0.1) is 0 Å². The number of rotatable bonds is 4. The van der Waals surface area contributed by atoms with Gasteiger partial charge in [0.2, 0.25) is 0 Å². The van der Waals surface area contributed by atoms with E-state index in [1.54, 1.807) is 25.3 Å². The molecule has 78 valence electrons. The zero-order chi connectivity index (χ0) is 10.7. The third-order valence-corrected chi connectivity index (χ3v) is 2.70. The molecule has 1 aromatic rings. The van der Waals surface area contributed by atoms with Crippen LogP contribution >= 0.6 is 11.3 Å². The molecule has 1 aromatic heterocycles.